The van der Waals surface area contributed by atoms with Gasteiger partial charge in [-0.15, -0.1) is 0 Å². The first kappa shape index (κ1) is 15.9. The number of rotatable bonds is 4. The highest BCUT2D eigenvalue weighted by Gasteiger charge is 2.16. The van der Waals surface area contributed by atoms with E-state index in [1.165, 1.54) is 0 Å². The summed E-state index contributed by atoms with van der Waals surface area (Å²) in [6.45, 7) is 5.86. The highest BCUT2D eigenvalue weighted by Crippen LogP contribution is 2.22. The molecule has 2 heterocycles. The lowest BCUT2D eigenvalue weighted by Gasteiger charge is -2.09. The van der Waals surface area contributed by atoms with Gasteiger partial charge in [-0.2, -0.15) is 5.10 Å². The number of nitrogens with zero attached hydrogens (tertiary/aromatic N) is 4. The van der Waals surface area contributed by atoms with Crippen molar-refractivity contribution in [2.45, 2.75) is 26.8 Å². The third-order valence-corrected chi connectivity index (χ3v) is 3.59. The second-order valence-corrected chi connectivity index (χ2v) is 5.80. The molecular weight excluding hydrogens is 302 g/mol. The normalized spacial score (nSPS) is 10.8. The number of anilines is 1. The van der Waals surface area contributed by atoms with Crippen LogP contribution in [0, 0.1) is 6.92 Å². The molecule has 0 spiro atoms. The van der Waals surface area contributed by atoms with Crippen molar-refractivity contribution in [3.05, 3.63) is 60.3 Å². The SMILES string of the molecule is Cc1ncc(C(=O)Nc2cnn(C(C)C)c2)c(-c2ccccc2)n1. The number of benzene rings is 1. The lowest BCUT2D eigenvalue weighted by molar-refractivity contribution is 0.102. The second kappa shape index (κ2) is 6.62. The van der Waals surface area contributed by atoms with Crippen LogP contribution in [-0.2, 0) is 0 Å². The van der Waals surface area contributed by atoms with Gasteiger partial charge in [0.25, 0.3) is 5.91 Å². The summed E-state index contributed by atoms with van der Waals surface area (Å²) in [5.41, 5.74) is 2.58. The predicted molar refractivity (Wildman–Crippen MR) is 92.8 cm³/mol. The number of aromatic nitrogens is 4. The molecule has 1 N–H and O–H groups in total. The first-order chi connectivity index (χ1) is 11.5. The molecular formula is C18H19N5O. The van der Waals surface area contributed by atoms with Crippen LogP contribution in [0.1, 0.15) is 36.1 Å². The minimum Gasteiger partial charge on any atom is -0.319 e. The molecule has 3 aromatic rings. The van der Waals surface area contributed by atoms with Gasteiger partial charge in [0.05, 0.1) is 23.1 Å². The van der Waals surface area contributed by atoms with E-state index in [4.69, 9.17) is 0 Å². The van der Waals surface area contributed by atoms with Gasteiger partial charge in [-0.05, 0) is 20.8 Å². The summed E-state index contributed by atoms with van der Waals surface area (Å²) in [6, 6.07) is 9.85. The van der Waals surface area contributed by atoms with Gasteiger partial charge in [-0.1, -0.05) is 30.3 Å². The highest BCUT2D eigenvalue weighted by molar-refractivity contribution is 6.07. The van der Waals surface area contributed by atoms with E-state index < -0.39 is 0 Å². The summed E-state index contributed by atoms with van der Waals surface area (Å²) in [7, 11) is 0. The number of nitrogens with one attached hydrogen (secondary N) is 1. The number of hydrogen-bond acceptors (Lipinski definition) is 4. The van der Waals surface area contributed by atoms with Crippen LogP contribution in [0.5, 0.6) is 0 Å². The Morgan fingerprint density at radius 3 is 2.58 bits per heavy atom. The van der Waals surface area contributed by atoms with Gasteiger partial charge in [0.15, 0.2) is 0 Å². The minimum absolute atomic E-state index is 0.234. The third kappa shape index (κ3) is 3.32. The summed E-state index contributed by atoms with van der Waals surface area (Å²) in [4.78, 5) is 21.3. The average Bonchev–Trinajstić information content (AvgIpc) is 3.04. The van der Waals surface area contributed by atoms with Crippen molar-refractivity contribution in [2.24, 2.45) is 0 Å². The Morgan fingerprint density at radius 2 is 1.92 bits per heavy atom. The zero-order valence-electron chi connectivity index (χ0n) is 13.9. The van der Waals surface area contributed by atoms with E-state index in [9.17, 15) is 4.79 Å². The molecule has 0 aliphatic carbocycles. The van der Waals surface area contributed by atoms with Gasteiger partial charge < -0.3 is 5.32 Å². The van der Waals surface area contributed by atoms with E-state index in [2.05, 4.69) is 20.4 Å². The van der Waals surface area contributed by atoms with E-state index in [0.29, 0.717) is 22.8 Å². The van der Waals surface area contributed by atoms with Crippen molar-refractivity contribution in [1.82, 2.24) is 19.7 Å². The van der Waals surface area contributed by atoms with E-state index in [0.717, 1.165) is 5.56 Å². The van der Waals surface area contributed by atoms with Crippen molar-refractivity contribution < 1.29 is 4.79 Å². The average molecular weight is 321 g/mol. The standard InChI is InChI=1S/C18H19N5O/c1-12(2)23-11-15(9-20-23)22-18(24)16-10-19-13(3)21-17(16)14-7-5-4-6-8-14/h4-12H,1-3H3,(H,22,24). The Labute approximate surface area is 140 Å². The van der Waals surface area contributed by atoms with E-state index in [1.54, 1.807) is 30.2 Å². The van der Waals surface area contributed by atoms with E-state index in [1.807, 2.05) is 44.2 Å². The van der Waals surface area contributed by atoms with Crippen molar-refractivity contribution in [3.8, 4) is 11.3 Å². The molecule has 0 unspecified atom stereocenters. The van der Waals surface area contributed by atoms with Crippen LogP contribution in [0.25, 0.3) is 11.3 Å². The second-order valence-electron chi connectivity index (χ2n) is 5.80. The Balaban J connectivity index is 1.92. The molecule has 0 bridgehead atoms. The summed E-state index contributed by atoms with van der Waals surface area (Å²) in [5, 5.41) is 7.09. The fraction of sp³-hybridized carbons (Fsp3) is 0.222. The number of hydrogen-bond donors (Lipinski definition) is 1. The van der Waals surface area contributed by atoms with Crippen molar-refractivity contribution in [1.29, 1.82) is 0 Å². The number of aryl methyl sites for hydroxylation is 1. The fourth-order valence-corrected chi connectivity index (χ4v) is 2.34. The number of carbonyl (C=O) groups is 1. The van der Waals surface area contributed by atoms with Gasteiger partial charge in [0.1, 0.15) is 5.82 Å². The van der Waals surface area contributed by atoms with Gasteiger partial charge in [-0.3, -0.25) is 9.48 Å². The van der Waals surface area contributed by atoms with Crippen LogP contribution in [0.2, 0.25) is 0 Å². The first-order valence-corrected chi connectivity index (χ1v) is 7.79. The Hall–Kier alpha value is -3.02. The van der Waals surface area contributed by atoms with Crippen molar-refractivity contribution in [2.75, 3.05) is 5.32 Å². The van der Waals surface area contributed by atoms with Crippen molar-refractivity contribution in [3.63, 3.8) is 0 Å². The molecule has 3 rings (SSSR count). The first-order valence-electron chi connectivity index (χ1n) is 7.79. The van der Waals surface area contributed by atoms with Crippen LogP contribution in [0.15, 0.2) is 48.9 Å². The highest BCUT2D eigenvalue weighted by atomic mass is 16.1. The molecule has 0 aliphatic heterocycles. The third-order valence-electron chi connectivity index (χ3n) is 3.59. The Kier molecular flexibility index (Phi) is 4.37. The Morgan fingerprint density at radius 1 is 1.17 bits per heavy atom. The van der Waals surface area contributed by atoms with E-state index in [-0.39, 0.29) is 11.9 Å². The molecule has 6 nitrogen and oxygen atoms in total. The van der Waals surface area contributed by atoms with Crippen LogP contribution < -0.4 is 5.32 Å². The topological polar surface area (TPSA) is 72.7 Å². The van der Waals surface area contributed by atoms with Gasteiger partial charge >= 0.3 is 0 Å². The summed E-state index contributed by atoms with van der Waals surface area (Å²) < 4.78 is 1.79. The molecule has 2 aromatic heterocycles. The van der Waals surface area contributed by atoms with Gasteiger partial charge in [-0.25, -0.2) is 9.97 Å². The van der Waals surface area contributed by atoms with Crippen molar-refractivity contribution >= 4 is 11.6 Å². The molecule has 6 heteroatoms. The summed E-state index contributed by atoms with van der Waals surface area (Å²) >= 11 is 0. The molecule has 0 aliphatic rings. The molecule has 0 fully saturated rings. The molecule has 122 valence electrons. The Bertz CT molecular complexity index is 855. The maximum absolute atomic E-state index is 12.7. The summed E-state index contributed by atoms with van der Waals surface area (Å²) in [6.07, 6.45) is 5.00. The fourth-order valence-electron chi connectivity index (χ4n) is 2.34. The predicted octanol–water partition coefficient (Wildman–Crippen LogP) is 3.48. The minimum atomic E-state index is -0.253. The largest absolute Gasteiger partial charge is 0.319 e. The monoisotopic (exact) mass is 321 g/mol. The van der Waals surface area contributed by atoms with Gasteiger partial charge in [0.2, 0.25) is 0 Å². The van der Waals surface area contributed by atoms with Crippen LogP contribution in [0.4, 0.5) is 5.69 Å². The number of carbonyl (C=O) groups excluding carboxylic acids is 1. The molecule has 0 atom stereocenters. The smallest absolute Gasteiger partial charge is 0.259 e. The quantitative estimate of drug-likeness (QED) is 0.798. The maximum atomic E-state index is 12.7. The number of amides is 1. The molecule has 0 radical (unpaired) electrons. The zero-order valence-corrected chi connectivity index (χ0v) is 13.9. The van der Waals surface area contributed by atoms with Crippen LogP contribution >= 0.6 is 0 Å². The molecule has 24 heavy (non-hydrogen) atoms. The zero-order chi connectivity index (χ0) is 17.1. The van der Waals surface area contributed by atoms with Gasteiger partial charge in [0, 0.05) is 24.0 Å². The van der Waals surface area contributed by atoms with E-state index >= 15 is 0 Å². The lowest BCUT2D eigenvalue weighted by atomic mass is 10.1. The molecule has 1 amide bonds. The molecule has 1 aromatic carbocycles. The molecule has 0 saturated heterocycles. The summed E-state index contributed by atoms with van der Waals surface area (Å²) in [5.74, 6) is 0.371. The maximum Gasteiger partial charge on any atom is 0.259 e. The van der Waals surface area contributed by atoms with Crippen LogP contribution in [-0.4, -0.2) is 25.7 Å². The lowest BCUT2D eigenvalue weighted by Crippen LogP contribution is -2.14. The molecule has 0 saturated carbocycles. The van der Waals surface area contributed by atoms with Crippen LogP contribution in [0.3, 0.4) is 0 Å².